The van der Waals surface area contributed by atoms with Crippen LogP contribution in [0.3, 0.4) is 0 Å². The third kappa shape index (κ3) is 4.10. The molecule has 3 aromatic rings. The van der Waals surface area contributed by atoms with Crippen molar-refractivity contribution in [2.45, 2.75) is 6.54 Å². The minimum absolute atomic E-state index is 0.729. The third-order valence-electron chi connectivity index (χ3n) is 5.67. The summed E-state index contributed by atoms with van der Waals surface area (Å²) in [5.41, 5.74) is 5.68. The topological polar surface area (TPSA) is 30.3 Å². The van der Waals surface area contributed by atoms with Gasteiger partial charge in [0.1, 0.15) is 5.69 Å². The molecule has 6 heteroatoms. The number of halogens is 2. The second kappa shape index (κ2) is 8.42. The van der Waals surface area contributed by atoms with Crippen molar-refractivity contribution in [1.82, 2.24) is 4.90 Å². The summed E-state index contributed by atoms with van der Waals surface area (Å²) in [5.74, 6) is 1.14. The van der Waals surface area contributed by atoms with Crippen molar-refractivity contribution in [3.05, 3.63) is 87.4 Å². The zero-order chi connectivity index (χ0) is 20.5. The van der Waals surface area contributed by atoms with Gasteiger partial charge in [0, 0.05) is 35.2 Å². The summed E-state index contributed by atoms with van der Waals surface area (Å²) in [7, 11) is 0. The summed E-state index contributed by atoms with van der Waals surface area (Å²) < 4.78 is 3.59. The van der Waals surface area contributed by atoms with Crippen molar-refractivity contribution in [3.63, 3.8) is 0 Å². The van der Waals surface area contributed by atoms with E-state index in [9.17, 15) is 0 Å². The summed E-state index contributed by atoms with van der Waals surface area (Å²) in [6.07, 6.45) is 0. The lowest BCUT2D eigenvalue weighted by Gasteiger charge is -2.28. The van der Waals surface area contributed by atoms with Crippen molar-refractivity contribution < 1.29 is 4.58 Å². The van der Waals surface area contributed by atoms with Crippen LogP contribution in [0.15, 0.2) is 71.2 Å². The molecule has 2 N–H and O–H groups in total. The van der Waals surface area contributed by atoms with Gasteiger partial charge in [-0.3, -0.25) is 9.48 Å². The van der Waals surface area contributed by atoms with E-state index in [0.717, 1.165) is 65.1 Å². The smallest absolute Gasteiger partial charge is 0.284 e. The summed E-state index contributed by atoms with van der Waals surface area (Å²) in [6.45, 7) is 4.97. The molecule has 0 saturated carbocycles. The van der Waals surface area contributed by atoms with Crippen molar-refractivity contribution in [2.75, 3.05) is 36.8 Å². The number of para-hydroxylation sites is 1. The van der Waals surface area contributed by atoms with Crippen LogP contribution in [0.4, 0.5) is 17.1 Å². The lowest BCUT2D eigenvalue weighted by atomic mass is 10.1. The van der Waals surface area contributed by atoms with Crippen LogP contribution in [0.25, 0.3) is 0 Å². The van der Waals surface area contributed by atoms with E-state index in [1.807, 2.05) is 18.2 Å². The molecule has 0 aliphatic carbocycles. The van der Waals surface area contributed by atoms with E-state index in [0.29, 0.717) is 0 Å². The molecule has 5 rings (SSSR count). The second-order valence-electron chi connectivity index (χ2n) is 7.73. The Morgan fingerprint density at radius 1 is 0.867 bits per heavy atom. The minimum Gasteiger partial charge on any atom is -0.351 e. The van der Waals surface area contributed by atoms with Gasteiger partial charge in [0.05, 0.1) is 30.0 Å². The van der Waals surface area contributed by atoms with Crippen molar-refractivity contribution in [1.29, 1.82) is 0 Å². The summed E-state index contributed by atoms with van der Waals surface area (Å²) in [6, 6.07) is 23.0. The fraction of sp³-hybridized carbons (Fsp3) is 0.208. The Bertz CT molecular complexity index is 1120. The number of piperazine rings is 1. The van der Waals surface area contributed by atoms with Crippen LogP contribution >= 0.6 is 27.5 Å². The Morgan fingerprint density at radius 2 is 1.70 bits per heavy atom. The zero-order valence-electron chi connectivity index (χ0n) is 16.5. The van der Waals surface area contributed by atoms with Gasteiger partial charge >= 0.3 is 0 Å². The number of fused-ring (bicyclic) bond motifs is 2. The van der Waals surface area contributed by atoms with Gasteiger partial charge in [-0.2, -0.15) is 0 Å². The summed E-state index contributed by atoms with van der Waals surface area (Å²) in [4.78, 5) is 2.52. The molecule has 0 spiro atoms. The number of anilines is 3. The molecular formula is C24H23BrClN4+. The molecule has 3 aromatic carbocycles. The fourth-order valence-corrected chi connectivity index (χ4v) is 4.76. The Hall–Kier alpha value is -2.34. The number of benzene rings is 3. The van der Waals surface area contributed by atoms with E-state index < -0.39 is 0 Å². The third-order valence-corrected chi connectivity index (χ3v) is 6.40. The number of hydrogen-bond acceptors (Lipinski definition) is 2. The van der Waals surface area contributed by atoms with E-state index in [-0.39, 0.29) is 0 Å². The van der Waals surface area contributed by atoms with Gasteiger partial charge in [-0.1, -0.05) is 51.8 Å². The normalized spacial score (nSPS) is 16.2. The first-order chi connectivity index (χ1) is 14.7. The van der Waals surface area contributed by atoms with Crippen LogP contribution in [-0.4, -0.2) is 41.5 Å². The molecule has 152 valence electrons. The summed E-state index contributed by atoms with van der Waals surface area (Å²) >= 11 is 9.86. The number of amidine groups is 1. The van der Waals surface area contributed by atoms with Gasteiger partial charge in [0.15, 0.2) is 0 Å². The van der Waals surface area contributed by atoms with Gasteiger partial charge < -0.3 is 5.32 Å². The SMILES string of the molecule is Clc1ccc2c(c1)NC(=[N+]1CCN(Cc3cccc(Br)c3)CC1)c1ccccc1N2. The Kier molecular flexibility index (Phi) is 5.50. The first-order valence-electron chi connectivity index (χ1n) is 10.2. The first-order valence-corrected chi connectivity index (χ1v) is 11.3. The van der Waals surface area contributed by atoms with Crippen LogP contribution < -0.4 is 10.6 Å². The van der Waals surface area contributed by atoms with Crippen LogP contribution in [-0.2, 0) is 6.54 Å². The van der Waals surface area contributed by atoms with E-state index >= 15 is 0 Å². The molecule has 30 heavy (non-hydrogen) atoms. The first kappa shape index (κ1) is 19.6. The highest BCUT2D eigenvalue weighted by Gasteiger charge is 2.28. The average Bonchev–Trinajstić information content (AvgIpc) is 2.91. The Morgan fingerprint density at radius 3 is 2.53 bits per heavy atom. The largest absolute Gasteiger partial charge is 0.351 e. The van der Waals surface area contributed by atoms with Crippen molar-refractivity contribution in [3.8, 4) is 0 Å². The molecule has 1 fully saturated rings. The van der Waals surface area contributed by atoms with Crippen LogP contribution in [0.2, 0.25) is 5.02 Å². The minimum atomic E-state index is 0.729. The van der Waals surface area contributed by atoms with Gasteiger partial charge in [0.25, 0.3) is 5.84 Å². The molecule has 2 heterocycles. The monoisotopic (exact) mass is 481 g/mol. The summed E-state index contributed by atoms with van der Waals surface area (Å²) in [5, 5.41) is 7.96. The van der Waals surface area contributed by atoms with Crippen LogP contribution in [0.1, 0.15) is 11.1 Å². The number of nitrogens with one attached hydrogen (secondary N) is 2. The molecule has 0 atom stereocenters. The maximum atomic E-state index is 6.28. The lowest BCUT2D eigenvalue weighted by molar-refractivity contribution is -0.539. The van der Waals surface area contributed by atoms with E-state index in [1.54, 1.807) is 0 Å². The average molecular weight is 483 g/mol. The predicted octanol–water partition coefficient (Wildman–Crippen LogP) is 5.55. The molecule has 0 unspecified atom stereocenters. The Labute approximate surface area is 190 Å². The maximum Gasteiger partial charge on any atom is 0.284 e. The zero-order valence-corrected chi connectivity index (χ0v) is 18.9. The molecule has 1 saturated heterocycles. The van der Waals surface area contributed by atoms with E-state index in [2.05, 4.69) is 84.6 Å². The Balaban J connectivity index is 1.42. The second-order valence-corrected chi connectivity index (χ2v) is 9.08. The van der Waals surface area contributed by atoms with E-state index in [1.165, 1.54) is 11.1 Å². The molecular weight excluding hydrogens is 460 g/mol. The number of nitrogens with zero attached hydrogens (tertiary/aromatic N) is 2. The van der Waals surface area contributed by atoms with E-state index in [4.69, 9.17) is 11.6 Å². The molecule has 2 aliphatic heterocycles. The quantitative estimate of drug-likeness (QED) is 0.470. The fourth-order valence-electron chi connectivity index (χ4n) is 4.14. The molecule has 0 radical (unpaired) electrons. The van der Waals surface area contributed by atoms with Gasteiger partial charge in [-0.15, -0.1) is 0 Å². The van der Waals surface area contributed by atoms with Crippen LogP contribution in [0.5, 0.6) is 0 Å². The predicted molar refractivity (Wildman–Crippen MR) is 128 cm³/mol. The van der Waals surface area contributed by atoms with Gasteiger partial charge in [0.2, 0.25) is 0 Å². The van der Waals surface area contributed by atoms with Crippen LogP contribution in [0, 0.1) is 0 Å². The van der Waals surface area contributed by atoms with Gasteiger partial charge in [-0.25, -0.2) is 5.32 Å². The highest BCUT2D eigenvalue weighted by atomic mass is 79.9. The number of hydrogen-bond donors (Lipinski definition) is 2. The lowest BCUT2D eigenvalue weighted by Crippen LogP contribution is -2.45. The standard InChI is InChI=1S/C24H22BrClN4/c25-18-5-3-4-17(14-18)16-29-10-12-30(13-11-29)24-20-6-1-2-7-21(20)27-22-9-8-19(26)15-23(22)28-24/h1-9,14-15H,10-13,16H2,(H,27,28)/p+1. The van der Waals surface area contributed by atoms with Crippen molar-refractivity contribution >= 4 is 50.4 Å². The maximum absolute atomic E-state index is 6.28. The molecule has 0 aromatic heterocycles. The molecule has 4 nitrogen and oxygen atoms in total. The number of rotatable bonds is 2. The molecule has 0 amide bonds. The molecule has 2 aliphatic rings. The molecule has 0 bridgehead atoms. The highest BCUT2D eigenvalue weighted by molar-refractivity contribution is 9.10. The van der Waals surface area contributed by atoms with Gasteiger partial charge in [-0.05, 0) is 42.0 Å². The highest BCUT2D eigenvalue weighted by Crippen LogP contribution is 2.34. The van der Waals surface area contributed by atoms with Crippen molar-refractivity contribution in [2.24, 2.45) is 0 Å².